The van der Waals surface area contributed by atoms with Gasteiger partial charge in [-0.05, 0) is 30.3 Å². The van der Waals surface area contributed by atoms with Gasteiger partial charge in [0.15, 0.2) is 11.0 Å². The Morgan fingerprint density at radius 1 is 1.28 bits per heavy atom. The van der Waals surface area contributed by atoms with Crippen LogP contribution in [0.4, 0.5) is 10.1 Å². The number of hydrogen-bond donors (Lipinski definition) is 2. The predicted octanol–water partition coefficient (Wildman–Crippen LogP) is 3.67. The molecule has 0 atom stereocenters. The Labute approximate surface area is 192 Å². The van der Waals surface area contributed by atoms with Crippen LogP contribution in [0.15, 0.2) is 60.3 Å². The average molecular weight is 476 g/mol. The molecule has 3 aromatic rings. The van der Waals surface area contributed by atoms with Crippen LogP contribution in [0, 0.1) is 5.82 Å². The molecule has 3 rings (SSSR count). The SMILES string of the molecule is C=CCn1c(COc2ccc(F)cc2Cl)nnc1SCC(=O)Nc1ccccc1C(N)=O. The van der Waals surface area contributed by atoms with Crippen molar-refractivity contribution in [2.24, 2.45) is 5.73 Å². The first-order chi connectivity index (χ1) is 15.4. The number of carbonyl (C=O) groups excluding carboxylic acids is 2. The Balaban J connectivity index is 1.65. The van der Waals surface area contributed by atoms with Crippen molar-refractivity contribution < 1.29 is 18.7 Å². The number of primary amides is 1. The number of halogens is 2. The van der Waals surface area contributed by atoms with Crippen LogP contribution in [0.1, 0.15) is 16.2 Å². The molecule has 0 fully saturated rings. The number of rotatable bonds is 10. The molecule has 0 aliphatic rings. The first-order valence-corrected chi connectivity index (χ1v) is 10.7. The number of nitrogens with two attached hydrogens (primary N) is 1. The molecule has 3 N–H and O–H groups in total. The van der Waals surface area contributed by atoms with Crippen molar-refractivity contribution in [3.05, 3.63) is 77.3 Å². The summed E-state index contributed by atoms with van der Waals surface area (Å²) in [4.78, 5) is 23.9. The van der Waals surface area contributed by atoms with E-state index in [9.17, 15) is 14.0 Å². The van der Waals surface area contributed by atoms with Gasteiger partial charge in [-0.1, -0.05) is 41.6 Å². The molecule has 1 heterocycles. The zero-order valence-electron chi connectivity index (χ0n) is 16.8. The molecular weight excluding hydrogens is 457 g/mol. The first-order valence-electron chi connectivity index (χ1n) is 9.31. The maximum Gasteiger partial charge on any atom is 0.250 e. The van der Waals surface area contributed by atoms with E-state index in [2.05, 4.69) is 22.1 Å². The third-order valence-electron chi connectivity index (χ3n) is 4.15. The van der Waals surface area contributed by atoms with Crippen molar-refractivity contribution in [1.29, 1.82) is 0 Å². The molecular formula is C21H19ClFN5O3S. The lowest BCUT2D eigenvalue weighted by Gasteiger charge is -2.11. The topological polar surface area (TPSA) is 112 Å². The fraction of sp³-hybridized carbons (Fsp3) is 0.143. The number of amides is 2. The number of hydrogen-bond acceptors (Lipinski definition) is 6. The van der Waals surface area contributed by atoms with E-state index in [4.69, 9.17) is 22.1 Å². The number of carbonyl (C=O) groups is 2. The van der Waals surface area contributed by atoms with Crippen LogP contribution in [0.2, 0.25) is 5.02 Å². The maximum atomic E-state index is 13.2. The average Bonchev–Trinajstić information content (AvgIpc) is 3.14. The lowest BCUT2D eigenvalue weighted by atomic mass is 10.1. The molecule has 0 spiro atoms. The lowest BCUT2D eigenvalue weighted by Crippen LogP contribution is -2.19. The standard InChI is InChI=1S/C21H19ClFN5O3S/c1-2-9-28-18(11-31-17-8-7-13(23)10-15(17)22)26-27-21(28)32-12-19(29)25-16-6-4-3-5-14(16)20(24)30/h2-8,10H,1,9,11-12H2,(H2,24,30)(H,25,29). The summed E-state index contributed by atoms with van der Waals surface area (Å²) in [6, 6.07) is 10.3. The Kier molecular flexibility index (Phi) is 7.85. The highest BCUT2D eigenvalue weighted by Gasteiger charge is 2.16. The summed E-state index contributed by atoms with van der Waals surface area (Å²) in [5.74, 6) is -0.631. The fourth-order valence-corrected chi connectivity index (χ4v) is 3.69. The third-order valence-corrected chi connectivity index (χ3v) is 5.42. The van der Waals surface area contributed by atoms with E-state index in [0.29, 0.717) is 29.0 Å². The minimum atomic E-state index is -0.634. The van der Waals surface area contributed by atoms with Gasteiger partial charge in [-0.2, -0.15) is 0 Å². The van der Waals surface area contributed by atoms with Crippen molar-refractivity contribution >= 4 is 40.9 Å². The lowest BCUT2D eigenvalue weighted by molar-refractivity contribution is -0.113. The van der Waals surface area contributed by atoms with Crippen LogP contribution in [0.25, 0.3) is 0 Å². The third kappa shape index (κ3) is 5.86. The van der Waals surface area contributed by atoms with Crippen LogP contribution >= 0.6 is 23.4 Å². The smallest absolute Gasteiger partial charge is 0.250 e. The second kappa shape index (κ2) is 10.8. The van der Waals surface area contributed by atoms with Crippen LogP contribution in [0.5, 0.6) is 5.75 Å². The molecule has 0 bridgehead atoms. The van der Waals surface area contributed by atoms with E-state index in [0.717, 1.165) is 17.8 Å². The van der Waals surface area contributed by atoms with Crippen molar-refractivity contribution in [3.8, 4) is 5.75 Å². The number of allylic oxidation sites excluding steroid dienone is 1. The van der Waals surface area contributed by atoms with Gasteiger partial charge in [0.1, 0.15) is 18.2 Å². The molecule has 11 heteroatoms. The van der Waals surface area contributed by atoms with E-state index in [1.165, 1.54) is 18.2 Å². The maximum absolute atomic E-state index is 13.2. The molecule has 0 saturated carbocycles. The quantitative estimate of drug-likeness (QED) is 0.342. The molecule has 1 aromatic heterocycles. The summed E-state index contributed by atoms with van der Waals surface area (Å²) in [6.45, 7) is 4.14. The number of anilines is 1. The molecule has 2 amide bonds. The summed E-state index contributed by atoms with van der Waals surface area (Å²) in [7, 11) is 0. The van der Waals surface area contributed by atoms with Gasteiger partial charge in [0.2, 0.25) is 5.91 Å². The second-order valence-corrected chi connectivity index (χ2v) is 7.76. The number of nitrogens with one attached hydrogen (secondary N) is 1. The Morgan fingerprint density at radius 3 is 2.78 bits per heavy atom. The zero-order valence-corrected chi connectivity index (χ0v) is 18.3. The van der Waals surface area contributed by atoms with Gasteiger partial charge in [0, 0.05) is 6.54 Å². The molecule has 2 aromatic carbocycles. The molecule has 0 aliphatic heterocycles. The molecule has 0 aliphatic carbocycles. The largest absolute Gasteiger partial charge is 0.484 e. The van der Waals surface area contributed by atoms with Gasteiger partial charge >= 0.3 is 0 Å². The molecule has 32 heavy (non-hydrogen) atoms. The zero-order chi connectivity index (χ0) is 23.1. The van der Waals surface area contributed by atoms with Crippen LogP contribution in [-0.4, -0.2) is 32.3 Å². The van der Waals surface area contributed by atoms with E-state index in [-0.39, 0.29) is 28.9 Å². The van der Waals surface area contributed by atoms with E-state index in [1.807, 2.05) is 0 Å². The monoisotopic (exact) mass is 475 g/mol. The van der Waals surface area contributed by atoms with Gasteiger partial charge in [-0.25, -0.2) is 4.39 Å². The van der Waals surface area contributed by atoms with Gasteiger partial charge in [-0.15, -0.1) is 16.8 Å². The van der Waals surface area contributed by atoms with Gasteiger partial charge < -0.3 is 15.8 Å². The highest BCUT2D eigenvalue weighted by atomic mass is 35.5. The highest BCUT2D eigenvalue weighted by molar-refractivity contribution is 7.99. The minimum Gasteiger partial charge on any atom is -0.484 e. The number of para-hydroxylation sites is 1. The summed E-state index contributed by atoms with van der Waals surface area (Å²) in [5.41, 5.74) is 5.89. The summed E-state index contributed by atoms with van der Waals surface area (Å²) >= 11 is 7.14. The second-order valence-electron chi connectivity index (χ2n) is 6.41. The van der Waals surface area contributed by atoms with E-state index >= 15 is 0 Å². The fourth-order valence-electron chi connectivity index (χ4n) is 2.70. The Hall–Kier alpha value is -3.37. The predicted molar refractivity (Wildman–Crippen MR) is 120 cm³/mol. The molecule has 0 saturated heterocycles. The van der Waals surface area contributed by atoms with Crippen molar-refractivity contribution in [3.63, 3.8) is 0 Å². The van der Waals surface area contributed by atoms with E-state index in [1.54, 1.807) is 28.8 Å². The Morgan fingerprint density at radius 2 is 2.06 bits per heavy atom. The van der Waals surface area contributed by atoms with E-state index < -0.39 is 11.7 Å². The first kappa shape index (κ1) is 23.3. The summed E-state index contributed by atoms with van der Waals surface area (Å²) in [5, 5.41) is 11.5. The Bertz CT molecular complexity index is 1150. The van der Waals surface area contributed by atoms with Crippen molar-refractivity contribution in [2.75, 3.05) is 11.1 Å². The number of aromatic nitrogens is 3. The molecule has 0 radical (unpaired) electrons. The van der Waals surface area contributed by atoms with Gasteiger partial charge in [0.25, 0.3) is 5.91 Å². The highest BCUT2D eigenvalue weighted by Crippen LogP contribution is 2.26. The number of nitrogens with zero attached hydrogens (tertiary/aromatic N) is 3. The molecule has 0 unspecified atom stereocenters. The molecule has 166 valence electrons. The summed E-state index contributed by atoms with van der Waals surface area (Å²) in [6.07, 6.45) is 1.66. The van der Waals surface area contributed by atoms with Crippen LogP contribution in [0.3, 0.4) is 0 Å². The van der Waals surface area contributed by atoms with Gasteiger partial charge in [-0.3, -0.25) is 14.2 Å². The summed E-state index contributed by atoms with van der Waals surface area (Å²) < 4.78 is 20.6. The number of benzene rings is 2. The number of thioether (sulfide) groups is 1. The minimum absolute atomic E-state index is 0.0209. The van der Waals surface area contributed by atoms with Gasteiger partial charge in [0.05, 0.1) is 22.0 Å². The number of ether oxygens (including phenoxy) is 1. The molecule has 8 nitrogen and oxygen atoms in total. The van der Waals surface area contributed by atoms with Crippen LogP contribution < -0.4 is 15.8 Å². The van der Waals surface area contributed by atoms with Crippen molar-refractivity contribution in [2.45, 2.75) is 18.3 Å². The van der Waals surface area contributed by atoms with Crippen molar-refractivity contribution in [1.82, 2.24) is 14.8 Å². The normalized spacial score (nSPS) is 10.6. The van der Waals surface area contributed by atoms with Crippen LogP contribution in [-0.2, 0) is 17.9 Å².